The lowest BCUT2D eigenvalue weighted by atomic mass is 9.77. The Kier molecular flexibility index (Phi) is 5.67. The van der Waals surface area contributed by atoms with Gasteiger partial charge < -0.3 is 14.2 Å². The summed E-state index contributed by atoms with van der Waals surface area (Å²) in [6, 6.07) is 0. The number of carbonyl (C=O) groups is 2. The van der Waals surface area contributed by atoms with Gasteiger partial charge in [-0.15, -0.1) is 5.10 Å². The summed E-state index contributed by atoms with van der Waals surface area (Å²) in [4.78, 5) is 25.5. The maximum atomic E-state index is 12.8. The Morgan fingerprint density at radius 1 is 1.20 bits per heavy atom. The molecule has 0 fully saturated rings. The maximum absolute atomic E-state index is 12.8. The number of esters is 2. The van der Waals surface area contributed by atoms with E-state index in [2.05, 4.69) is 30.0 Å². The lowest BCUT2D eigenvalue weighted by Crippen LogP contribution is -2.52. The number of aromatic nitrogens is 3. The summed E-state index contributed by atoms with van der Waals surface area (Å²) < 4.78 is 17.7. The predicted octanol–water partition coefficient (Wildman–Crippen LogP) is 1.03. The summed E-state index contributed by atoms with van der Waals surface area (Å²) in [5, 5.41) is 9.43. The second kappa shape index (κ2) is 7.25. The van der Waals surface area contributed by atoms with Crippen LogP contribution in [-0.2, 0) is 30.2 Å². The molecule has 1 aliphatic heterocycles. The van der Waals surface area contributed by atoms with E-state index in [-0.39, 0.29) is 26.1 Å². The van der Waals surface area contributed by atoms with Crippen molar-refractivity contribution in [3.8, 4) is 0 Å². The Hall–Kier alpha value is -1.74. The highest BCUT2D eigenvalue weighted by Crippen LogP contribution is 2.40. The molecule has 1 aromatic rings. The number of hydrogen-bond donors (Lipinski definition) is 0. The highest BCUT2D eigenvalue weighted by Gasteiger charge is 2.55. The molecule has 25 heavy (non-hydrogen) atoms. The average Bonchev–Trinajstić information content (AvgIpc) is 2.98. The number of ether oxygens (including phenoxy) is 3. The lowest BCUT2D eigenvalue weighted by molar-refractivity contribution is -0.179. The normalized spacial score (nSPS) is 19.2. The molecule has 0 spiro atoms. The van der Waals surface area contributed by atoms with Gasteiger partial charge in [-0.1, -0.05) is 24.9 Å². The molecular weight excluding hydrogens is 342 g/mol. The molecule has 0 amide bonds. The van der Waals surface area contributed by atoms with Gasteiger partial charge in [-0.2, -0.15) is 0 Å². The second-order valence-corrected chi connectivity index (χ2v) is 12.1. The number of nitrogens with zero attached hydrogens (tertiary/aromatic N) is 3. The number of methoxy groups -OCH3 is 1. The first-order valence-corrected chi connectivity index (χ1v) is 12.0. The van der Waals surface area contributed by atoms with Crippen molar-refractivity contribution in [3.05, 3.63) is 5.69 Å². The smallest absolute Gasteiger partial charge is 0.324 e. The molecular formula is C16H27N3O5Si. The summed E-state index contributed by atoms with van der Waals surface area (Å²) in [6.45, 7) is 10.2. The zero-order chi connectivity index (χ0) is 18.8. The van der Waals surface area contributed by atoms with E-state index in [0.29, 0.717) is 0 Å². The molecule has 1 aliphatic rings. The van der Waals surface area contributed by atoms with Crippen molar-refractivity contribution in [1.82, 2.24) is 15.0 Å². The molecule has 9 heteroatoms. The molecule has 1 unspecified atom stereocenters. The molecule has 8 nitrogen and oxygen atoms in total. The first-order valence-electron chi connectivity index (χ1n) is 8.53. The zero-order valence-electron chi connectivity index (χ0n) is 15.8. The van der Waals surface area contributed by atoms with Crippen molar-refractivity contribution < 1.29 is 23.8 Å². The van der Waals surface area contributed by atoms with E-state index in [1.54, 1.807) is 18.5 Å². The van der Waals surface area contributed by atoms with Crippen LogP contribution in [0.3, 0.4) is 0 Å². The van der Waals surface area contributed by atoms with Gasteiger partial charge in [0.2, 0.25) is 0 Å². The van der Waals surface area contributed by atoms with Crippen LogP contribution in [0.1, 0.15) is 32.2 Å². The summed E-state index contributed by atoms with van der Waals surface area (Å²) in [5.74, 6) is -1.16. The summed E-state index contributed by atoms with van der Waals surface area (Å²) in [5.41, 5.74) is -0.669. The number of rotatable bonds is 6. The molecule has 1 aromatic heterocycles. The Morgan fingerprint density at radius 2 is 1.76 bits per heavy atom. The predicted molar refractivity (Wildman–Crippen MR) is 93.1 cm³/mol. The minimum absolute atomic E-state index is 0.114. The van der Waals surface area contributed by atoms with Crippen molar-refractivity contribution in [2.24, 2.45) is 5.41 Å². The van der Waals surface area contributed by atoms with E-state index >= 15 is 0 Å². The molecule has 1 atom stereocenters. The van der Waals surface area contributed by atoms with Crippen LogP contribution in [0.4, 0.5) is 0 Å². The van der Waals surface area contributed by atoms with Crippen LogP contribution < -0.4 is 5.32 Å². The molecule has 0 aliphatic carbocycles. The van der Waals surface area contributed by atoms with E-state index in [9.17, 15) is 9.59 Å². The van der Waals surface area contributed by atoms with Crippen molar-refractivity contribution in [2.45, 2.75) is 52.6 Å². The lowest BCUT2D eigenvalue weighted by Gasteiger charge is -2.37. The van der Waals surface area contributed by atoms with Crippen molar-refractivity contribution in [1.29, 1.82) is 0 Å². The Balaban J connectivity index is 2.58. The summed E-state index contributed by atoms with van der Waals surface area (Å²) in [7, 11) is -0.302. The third-order valence-corrected chi connectivity index (χ3v) is 6.18. The monoisotopic (exact) mass is 369 g/mol. The highest BCUT2D eigenvalue weighted by molar-refractivity contribution is 6.88. The molecule has 0 bridgehead atoms. The van der Waals surface area contributed by atoms with Gasteiger partial charge in [0.05, 0.1) is 24.2 Å². The Morgan fingerprint density at radius 3 is 2.20 bits per heavy atom. The van der Waals surface area contributed by atoms with Crippen LogP contribution in [0.25, 0.3) is 0 Å². The second-order valence-electron chi connectivity index (χ2n) is 7.17. The summed E-state index contributed by atoms with van der Waals surface area (Å²) in [6.07, 6.45) is -0.296. The van der Waals surface area contributed by atoms with E-state index in [0.717, 1.165) is 11.0 Å². The zero-order valence-corrected chi connectivity index (χ0v) is 16.8. The van der Waals surface area contributed by atoms with Crippen molar-refractivity contribution in [3.63, 3.8) is 0 Å². The van der Waals surface area contributed by atoms with Gasteiger partial charge in [-0.05, 0) is 13.8 Å². The first-order chi connectivity index (χ1) is 11.7. The molecule has 0 N–H and O–H groups in total. The van der Waals surface area contributed by atoms with Gasteiger partial charge in [0.25, 0.3) is 0 Å². The average molecular weight is 369 g/mol. The van der Waals surface area contributed by atoms with E-state index in [1.165, 1.54) is 7.11 Å². The fraction of sp³-hybridized carbons (Fsp3) is 0.750. The molecule has 2 rings (SSSR count). The van der Waals surface area contributed by atoms with E-state index < -0.39 is 31.7 Å². The standard InChI is InChI=1S/C16H27N3O5Si/c1-7-23-14(20)16(15(21)24-8-2)9-11-13(25(4,5)6)17-18-19(11)12(10-16)22-3/h12H,7-10H2,1-6H3. The van der Waals surface area contributed by atoms with Gasteiger partial charge in [0.15, 0.2) is 11.6 Å². The first kappa shape index (κ1) is 19.6. The molecule has 0 radical (unpaired) electrons. The fourth-order valence-corrected chi connectivity index (χ4v) is 4.56. The summed E-state index contributed by atoms with van der Waals surface area (Å²) >= 11 is 0. The minimum Gasteiger partial charge on any atom is -0.465 e. The van der Waals surface area contributed by atoms with Crippen LogP contribution in [0, 0.1) is 5.41 Å². The molecule has 2 heterocycles. The third kappa shape index (κ3) is 3.48. The highest BCUT2D eigenvalue weighted by atomic mass is 28.3. The Labute approximate surface area is 148 Å². The van der Waals surface area contributed by atoms with E-state index in [1.807, 2.05) is 0 Å². The van der Waals surface area contributed by atoms with Crippen LogP contribution in [-0.4, -0.2) is 55.3 Å². The molecule has 0 saturated heterocycles. The van der Waals surface area contributed by atoms with Gasteiger partial charge in [-0.3, -0.25) is 9.59 Å². The largest absolute Gasteiger partial charge is 0.465 e. The van der Waals surface area contributed by atoms with E-state index in [4.69, 9.17) is 14.2 Å². The van der Waals surface area contributed by atoms with Crippen LogP contribution >= 0.6 is 0 Å². The number of fused-ring (bicyclic) bond motifs is 1. The molecule has 140 valence electrons. The third-order valence-electron chi connectivity index (χ3n) is 4.37. The molecule has 0 saturated carbocycles. The van der Waals surface area contributed by atoms with Crippen molar-refractivity contribution >= 4 is 25.3 Å². The van der Waals surface area contributed by atoms with Crippen molar-refractivity contribution in [2.75, 3.05) is 20.3 Å². The quantitative estimate of drug-likeness (QED) is 0.420. The Bertz CT molecular complexity index is 635. The van der Waals surface area contributed by atoms with Gasteiger partial charge in [0.1, 0.15) is 8.07 Å². The SMILES string of the molecule is CCOC(=O)C1(C(=O)OCC)Cc2c([Si](C)(C)C)nnn2C(OC)C1. The minimum atomic E-state index is -1.83. The molecule has 0 aromatic carbocycles. The fourth-order valence-electron chi connectivity index (χ4n) is 3.15. The maximum Gasteiger partial charge on any atom is 0.324 e. The van der Waals surface area contributed by atoms with Gasteiger partial charge >= 0.3 is 11.9 Å². The van der Waals surface area contributed by atoms with Gasteiger partial charge in [-0.25, -0.2) is 4.68 Å². The van der Waals surface area contributed by atoms with Crippen LogP contribution in [0.2, 0.25) is 19.6 Å². The topological polar surface area (TPSA) is 92.5 Å². The van der Waals surface area contributed by atoms with Gasteiger partial charge in [0, 0.05) is 20.0 Å². The number of carbonyl (C=O) groups excluding carboxylic acids is 2. The van der Waals surface area contributed by atoms with Crippen LogP contribution in [0.5, 0.6) is 0 Å². The van der Waals surface area contributed by atoms with Crippen LogP contribution in [0.15, 0.2) is 0 Å². The number of hydrogen-bond acceptors (Lipinski definition) is 7.